The Kier molecular flexibility index (Phi) is 22.9. The Balaban J connectivity index is 2.33. The van der Waals surface area contributed by atoms with Gasteiger partial charge in [0.2, 0.25) is 41.4 Å². The van der Waals surface area contributed by atoms with Gasteiger partial charge in [0, 0.05) is 19.4 Å². The van der Waals surface area contributed by atoms with E-state index in [0.29, 0.717) is 57.2 Å². The lowest BCUT2D eigenvalue weighted by Crippen LogP contribution is -2.60. The van der Waals surface area contributed by atoms with Crippen LogP contribution < -0.4 is 49.5 Å². The fourth-order valence-corrected chi connectivity index (χ4v) is 7.07. The number of nitrogens with two attached hydrogens (primary N) is 4. The molecule has 20 nitrogen and oxygen atoms in total. The molecule has 2 rings (SSSR count). The van der Waals surface area contributed by atoms with E-state index in [4.69, 9.17) is 22.9 Å². The number of carboxylic acid groups (broad SMARTS) is 1. The van der Waals surface area contributed by atoms with Gasteiger partial charge in [0.15, 0.2) is 0 Å². The van der Waals surface area contributed by atoms with Crippen LogP contribution in [0.25, 0.3) is 0 Å². The number of hydrogen-bond acceptors (Lipinski definition) is 12. The number of carboxylic acids is 1. The molecule has 0 aromatic heterocycles. The van der Waals surface area contributed by atoms with E-state index < -0.39 is 95.5 Å². The van der Waals surface area contributed by atoms with Crippen molar-refractivity contribution in [2.24, 2.45) is 34.8 Å². The summed E-state index contributed by atoms with van der Waals surface area (Å²) in [6, 6.07) is -2.02. The first-order valence-electron chi connectivity index (χ1n) is 21.6. The molecule has 7 atom stereocenters. The Hall–Kier alpha value is -5.34. The van der Waals surface area contributed by atoms with Crippen molar-refractivity contribution in [1.82, 2.24) is 31.5 Å². The van der Waals surface area contributed by atoms with Crippen molar-refractivity contribution in [3.05, 3.63) is 29.8 Å². The maximum absolute atomic E-state index is 14.3. The molecular formula is C42H70N10O10. The zero-order valence-electron chi connectivity index (χ0n) is 36.5. The highest BCUT2D eigenvalue weighted by Gasteiger charge is 2.41. The monoisotopic (exact) mass is 875 g/mol. The second-order valence-electron chi connectivity index (χ2n) is 16.7. The predicted octanol–water partition coefficient (Wildman–Crippen LogP) is -1.01. The van der Waals surface area contributed by atoms with Crippen LogP contribution in [0.5, 0.6) is 5.75 Å². The number of primary amides is 1. The number of aromatic hydroxyl groups is 1. The standard InChI is InChI=1S/C42H70N10O10/c1-24(2)22-32(42(61)62)50-37(56)30(17-18-34(46)54)48-40(59)33-12-9-21-52(33)41(60)35(25(3)4)51-38(57)29(11-6-8-20-44)47-39(58)31(23-26-13-15-27(53)16-14-26)49-36(55)28(45)10-5-7-19-43/h13-16,24-25,28-33,35,53H,5-12,17-23,43-45H2,1-4H3,(H2,46,54)(H,47,58)(H,48,59)(H,49,55)(H,50,56)(H,51,57)(H,61,62)/t28-,29-,30-,31-,32-,33-,35-/m0/s1. The van der Waals surface area contributed by atoms with E-state index in [1.54, 1.807) is 39.8 Å². The molecule has 1 aliphatic rings. The number of benzene rings is 1. The molecule has 0 bridgehead atoms. The molecular weight excluding hydrogens is 805 g/mol. The minimum Gasteiger partial charge on any atom is -0.508 e. The molecule has 1 aromatic carbocycles. The van der Waals surface area contributed by atoms with Crippen molar-refractivity contribution in [2.75, 3.05) is 19.6 Å². The number of carbonyl (C=O) groups excluding carboxylic acids is 7. The quantitative estimate of drug-likeness (QED) is 0.0450. The topological polar surface area (TPSA) is 344 Å². The van der Waals surface area contributed by atoms with Crippen molar-refractivity contribution in [2.45, 2.75) is 147 Å². The lowest BCUT2D eigenvalue weighted by Gasteiger charge is -2.32. The predicted molar refractivity (Wildman–Crippen MR) is 230 cm³/mol. The summed E-state index contributed by atoms with van der Waals surface area (Å²) in [5, 5.41) is 32.7. The van der Waals surface area contributed by atoms with E-state index in [1.165, 1.54) is 17.0 Å². The molecule has 0 aliphatic carbocycles. The summed E-state index contributed by atoms with van der Waals surface area (Å²) in [7, 11) is 0. The highest BCUT2D eigenvalue weighted by atomic mass is 16.4. The lowest BCUT2D eigenvalue weighted by atomic mass is 9.99. The molecule has 0 saturated carbocycles. The summed E-state index contributed by atoms with van der Waals surface area (Å²) < 4.78 is 0. The van der Waals surface area contributed by atoms with Gasteiger partial charge >= 0.3 is 5.97 Å². The Morgan fingerprint density at radius 2 is 1.27 bits per heavy atom. The number of phenolic OH excluding ortho intramolecular Hbond substituents is 1. The van der Waals surface area contributed by atoms with Crippen molar-refractivity contribution in [1.29, 1.82) is 0 Å². The average Bonchev–Trinajstić information content (AvgIpc) is 3.71. The third-order valence-corrected chi connectivity index (χ3v) is 10.6. The van der Waals surface area contributed by atoms with Gasteiger partial charge in [-0.2, -0.15) is 0 Å². The van der Waals surface area contributed by atoms with E-state index in [-0.39, 0.29) is 56.7 Å². The molecule has 7 amide bonds. The zero-order chi connectivity index (χ0) is 46.5. The zero-order valence-corrected chi connectivity index (χ0v) is 36.5. The Labute approximate surface area is 363 Å². The number of likely N-dealkylation sites (tertiary alicyclic amines) is 1. The number of carbonyl (C=O) groups is 8. The normalized spacial score (nSPS) is 16.7. The van der Waals surface area contributed by atoms with Crippen LogP contribution in [-0.2, 0) is 44.8 Å². The third kappa shape index (κ3) is 17.9. The minimum atomic E-state index is -1.34. The number of aliphatic carboxylic acids is 1. The Morgan fingerprint density at radius 3 is 1.84 bits per heavy atom. The van der Waals surface area contributed by atoms with Gasteiger partial charge in [-0.3, -0.25) is 33.6 Å². The van der Waals surface area contributed by atoms with Crippen LogP contribution in [0.15, 0.2) is 24.3 Å². The van der Waals surface area contributed by atoms with Gasteiger partial charge in [-0.1, -0.05) is 46.2 Å². The molecule has 1 heterocycles. The second-order valence-corrected chi connectivity index (χ2v) is 16.7. The van der Waals surface area contributed by atoms with E-state index in [0.717, 1.165) is 0 Å². The maximum atomic E-state index is 14.3. The van der Waals surface area contributed by atoms with Crippen LogP contribution in [0.1, 0.15) is 104 Å². The van der Waals surface area contributed by atoms with Crippen molar-refractivity contribution in [3.63, 3.8) is 0 Å². The first-order chi connectivity index (χ1) is 29.3. The van der Waals surface area contributed by atoms with Gasteiger partial charge in [0.25, 0.3) is 0 Å². The van der Waals surface area contributed by atoms with Crippen LogP contribution in [0.2, 0.25) is 0 Å². The molecule has 1 aromatic rings. The molecule has 15 N–H and O–H groups in total. The van der Waals surface area contributed by atoms with Crippen molar-refractivity contribution in [3.8, 4) is 5.75 Å². The summed E-state index contributed by atoms with van der Waals surface area (Å²) >= 11 is 0. The molecule has 0 unspecified atom stereocenters. The van der Waals surface area contributed by atoms with Crippen LogP contribution in [0, 0.1) is 11.8 Å². The fourth-order valence-electron chi connectivity index (χ4n) is 7.07. The van der Waals surface area contributed by atoms with Gasteiger partial charge in [-0.05, 0) is 100 Å². The summed E-state index contributed by atoms with van der Waals surface area (Å²) in [5.41, 5.74) is 23.4. The van der Waals surface area contributed by atoms with E-state index >= 15 is 0 Å². The number of nitrogens with one attached hydrogen (secondary N) is 5. The molecule has 0 radical (unpaired) electrons. The Bertz CT molecular complexity index is 1660. The number of rotatable bonds is 28. The Morgan fingerprint density at radius 1 is 0.726 bits per heavy atom. The minimum absolute atomic E-state index is 0.000831. The van der Waals surface area contributed by atoms with E-state index in [1.807, 2.05) is 0 Å². The number of amides is 7. The summed E-state index contributed by atoms with van der Waals surface area (Å²) in [6.45, 7) is 7.88. The van der Waals surface area contributed by atoms with Gasteiger partial charge in [-0.15, -0.1) is 0 Å². The number of phenols is 1. The third-order valence-electron chi connectivity index (χ3n) is 10.6. The van der Waals surface area contributed by atoms with Crippen LogP contribution in [-0.4, -0.2) is 124 Å². The van der Waals surface area contributed by atoms with Crippen molar-refractivity contribution < 1.29 is 48.6 Å². The second kappa shape index (κ2) is 26.9. The summed E-state index contributed by atoms with van der Waals surface area (Å²) in [4.78, 5) is 107. The highest BCUT2D eigenvalue weighted by Crippen LogP contribution is 2.22. The molecule has 0 spiro atoms. The molecule has 1 saturated heterocycles. The van der Waals surface area contributed by atoms with E-state index in [9.17, 15) is 48.6 Å². The number of hydrogen-bond donors (Lipinski definition) is 11. The molecule has 1 fully saturated rings. The van der Waals surface area contributed by atoms with Gasteiger partial charge < -0.3 is 64.6 Å². The van der Waals surface area contributed by atoms with Crippen LogP contribution in [0.3, 0.4) is 0 Å². The average molecular weight is 875 g/mol. The molecule has 20 heteroatoms. The first-order valence-corrected chi connectivity index (χ1v) is 21.6. The SMILES string of the molecule is CC(C)C[C@H](NC(=O)[C@H](CCC(N)=O)NC(=O)[C@@H]1CCCN1C(=O)[C@@H](NC(=O)[C@H](CCCCN)NC(=O)[C@H](Cc1ccc(O)cc1)NC(=O)[C@@H](N)CCCCN)C(C)C)C(=O)O. The number of unbranched alkanes of at least 4 members (excludes halogenated alkanes) is 2. The molecule has 1 aliphatic heterocycles. The number of nitrogens with zero attached hydrogens (tertiary/aromatic N) is 1. The summed E-state index contributed by atoms with van der Waals surface area (Å²) in [6.07, 6.45) is 2.93. The first kappa shape index (κ1) is 52.8. The van der Waals surface area contributed by atoms with E-state index in [2.05, 4.69) is 26.6 Å². The van der Waals surface area contributed by atoms with Crippen LogP contribution >= 0.6 is 0 Å². The fraction of sp³-hybridized carbons (Fsp3) is 0.667. The largest absolute Gasteiger partial charge is 0.508 e. The van der Waals surface area contributed by atoms with Gasteiger partial charge in [-0.25, -0.2) is 4.79 Å². The van der Waals surface area contributed by atoms with Gasteiger partial charge in [0.1, 0.15) is 42.0 Å². The maximum Gasteiger partial charge on any atom is 0.326 e. The highest BCUT2D eigenvalue weighted by molar-refractivity contribution is 5.97. The van der Waals surface area contributed by atoms with Gasteiger partial charge in [0.05, 0.1) is 6.04 Å². The summed E-state index contributed by atoms with van der Waals surface area (Å²) in [5.74, 6) is -6.65. The molecule has 348 valence electrons. The smallest absolute Gasteiger partial charge is 0.326 e. The molecule has 62 heavy (non-hydrogen) atoms. The lowest BCUT2D eigenvalue weighted by molar-refractivity contribution is -0.144. The van der Waals surface area contributed by atoms with Crippen LogP contribution in [0.4, 0.5) is 0 Å². The van der Waals surface area contributed by atoms with Crippen molar-refractivity contribution >= 4 is 47.3 Å².